The van der Waals surface area contributed by atoms with Gasteiger partial charge in [-0.1, -0.05) is 6.92 Å². The monoisotopic (exact) mass is 279 g/mol. The Labute approximate surface area is 118 Å². The maximum atomic E-state index is 10.9. The van der Waals surface area contributed by atoms with E-state index in [4.69, 9.17) is 5.73 Å². The van der Waals surface area contributed by atoms with Crippen LogP contribution in [-0.4, -0.2) is 41.0 Å². The molecule has 1 aliphatic heterocycles. The summed E-state index contributed by atoms with van der Waals surface area (Å²) in [5.74, 6) is 1.09. The molecule has 0 spiro atoms. The van der Waals surface area contributed by atoms with Crippen LogP contribution in [0.15, 0.2) is 12.1 Å². The van der Waals surface area contributed by atoms with E-state index in [0.717, 1.165) is 32.5 Å². The Morgan fingerprint density at radius 2 is 2.20 bits per heavy atom. The molecule has 7 nitrogen and oxygen atoms in total. The molecule has 1 aliphatic rings. The molecule has 0 atom stereocenters. The lowest BCUT2D eigenvalue weighted by atomic mass is 9.97. The van der Waals surface area contributed by atoms with Crippen molar-refractivity contribution in [3.8, 4) is 0 Å². The third-order valence-electron chi connectivity index (χ3n) is 3.80. The maximum Gasteiger partial charge on any atom is 0.311 e. The van der Waals surface area contributed by atoms with Crippen LogP contribution < -0.4 is 11.1 Å². The molecule has 0 bridgehead atoms. The Bertz CT molecular complexity index is 472. The summed E-state index contributed by atoms with van der Waals surface area (Å²) in [6.45, 7) is 6.14. The molecular formula is C13H21N5O2. The van der Waals surface area contributed by atoms with Gasteiger partial charge >= 0.3 is 5.69 Å². The molecule has 0 aromatic carbocycles. The summed E-state index contributed by atoms with van der Waals surface area (Å²) in [4.78, 5) is 16.9. The smallest absolute Gasteiger partial charge is 0.311 e. The Morgan fingerprint density at radius 1 is 1.50 bits per heavy atom. The molecule has 0 amide bonds. The third kappa shape index (κ3) is 3.57. The van der Waals surface area contributed by atoms with Gasteiger partial charge in [0.2, 0.25) is 5.82 Å². The van der Waals surface area contributed by atoms with Crippen LogP contribution >= 0.6 is 0 Å². The highest BCUT2D eigenvalue weighted by atomic mass is 16.6. The molecule has 20 heavy (non-hydrogen) atoms. The lowest BCUT2D eigenvalue weighted by Gasteiger charge is -2.31. The van der Waals surface area contributed by atoms with Crippen LogP contribution in [-0.2, 0) is 0 Å². The summed E-state index contributed by atoms with van der Waals surface area (Å²) < 4.78 is 0. The van der Waals surface area contributed by atoms with Gasteiger partial charge in [-0.2, -0.15) is 0 Å². The second kappa shape index (κ2) is 6.51. The predicted octanol–water partition coefficient (Wildman–Crippen LogP) is 1.72. The van der Waals surface area contributed by atoms with E-state index in [1.165, 1.54) is 12.1 Å². The molecule has 7 heteroatoms. The zero-order chi connectivity index (χ0) is 14.5. The summed E-state index contributed by atoms with van der Waals surface area (Å²) in [5.41, 5.74) is 5.57. The first-order chi connectivity index (χ1) is 9.60. The van der Waals surface area contributed by atoms with Gasteiger partial charge in [0.15, 0.2) is 0 Å². The zero-order valence-electron chi connectivity index (χ0n) is 11.7. The fourth-order valence-corrected chi connectivity index (χ4v) is 2.49. The third-order valence-corrected chi connectivity index (χ3v) is 3.80. The minimum absolute atomic E-state index is 0.0230. The van der Waals surface area contributed by atoms with Crippen molar-refractivity contribution in [3.05, 3.63) is 22.2 Å². The number of aromatic nitrogens is 1. The van der Waals surface area contributed by atoms with E-state index >= 15 is 0 Å². The van der Waals surface area contributed by atoms with Crippen LogP contribution in [0, 0.1) is 16.0 Å². The number of hydrogen-bond donors (Lipinski definition) is 2. The number of pyridine rings is 1. The van der Waals surface area contributed by atoms with Crippen molar-refractivity contribution in [2.75, 3.05) is 37.2 Å². The van der Waals surface area contributed by atoms with Crippen LogP contribution in [0.5, 0.6) is 0 Å². The van der Waals surface area contributed by atoms with Gasteiger partial charge in [0.1, 0.15) is 5.82 Å². The molecular weight excluding hydrogens is 258 g/mol. The van der Waals surface area contributed by atoms with Gasteiger partial charge in [-0.25, -0.2) is 4.98 Å². The minimum atomic E-state index is -0.436. The van der Waals surface area contributed by atoms with E-state index in [1.807, 2.05) is 0 Å². The van der Waals surface area contributed by atoms with Crippen molar-refractivity contribution in [2.45, 2.75) is 19.8 Å². The summed E-state index contributed by atoms with van der Waals surface area (Å²) >= 11 is 0. The maximum absolute atomic E-state index is 10.9. The van der Waals surface area contributed by atoms with Crippen LogP contribution in [0.4, 0.5) is 17.3 Å². The molecule has 0 saturated carbocycles. The van der Waals surface area contributed by atoms with Gasteiger partial charge in [0.05, 0.1) is 4.92 Å². The first-order valence-corrected chi connectivity index (χ1v) is 6.97. The van der Waals surface area contributed by atoms with E-state index < -0.39 is 4.92 Å². The van der Waals surface area contributed by atoms with Crippen LogP contribution in [0.2, 0.25) is 0 Å². The molecule has 1 aromatic heterocycles. The van der Waals surface area contributed by atoms with Crippen molar-refractivity contribution in [1.82, 2.24) is 9.88 Å². The molecule has 2 heterocycles. The number of rotatable bonds is 5. The van der Waals surface area contributed by atoms with Gasteiger partial charge in [0.25, 0.3) is 0 Å². The highest BCUT2D eigenvalue weighted by molar-refractivity contribution is 5.59. The van der Waals surface area contributed by atoms with Gasteiger partial charge in [-0.15, -0.1) is 0 Å². The first-order valence-electron chi connectivity index (χ1n) is 6.97. The largest absolute Gasteiger partial charge is 0.384 e. The van der Waals surface area contributed by atoms with E-state index in [-0.39, 0.29) is 11.5 Å². The Morgan fingerprint density at radius 3 is 2.80 bits per heavy atom. The summed E-state index contributed by atoms with van der Waals surface area (Å²) in [7, 11) is 0. The number of nitrogens with two attached hydrogens (primary N) is 1. The molecule has 0 radical (unpaired) electrons. The molecule has 3 N–H and O–H groups in total. The number of anilines is 2. The minimum Gasteiger partial charge on any atom is -0.384 e. The van der Waals surface area contributed by atoms with Crippen molar-refractivity contribution < 1.29 is 4.92 Å². The molecule has 0 unspecified atom stereocenters. The number of nitro groups is 1. The zero-order valence-corrected chi connectivity index (χ0v) is 11.7. The molecule has 1 saturated heterocycles. The first kappa shape index (κ1) is 14.5. The van der Waals surface area contributed by atoms with Crippen LogP contribution in [0.25, 0.3) is 0 Å². The second-order valence-corrected chi connectivity index (χ2v) is 5.12. The Balaban J connectivity index is 1.94. The standard InChI is InChI=1S/C13H21N5O2/c1-2-17-7-5-10(6-8-17)9-15-13-11(18(19)20)3-4-12(14)16-13/h3-4,10H,2,5-9H2,1H3,(H3,14,15,16). The van der Waals surface area contributed by atoms with E-state index in [1.54, 1.807) is 0 Å². The molecule has 2 rings (SSSR count). The predicted molar refractivity (Wildman–Crippen MR) is 78.6 cm³/mol. The fraction of sp³-hybridized carbons (Fsp3) is 0.615. The SMILES string of the molecule is CCN1CCC(CNc2nc(N)ccc2[N+](=O)[O-])CC1. The average Bonchev–Trinajstić information content (AvgIpc) is 2.45. The Kier molecular flexibility index (Phi) is 4.73. The van der Waals surface area contributed by atoms with E-state index in [0.29, 0.717) is 18.3 Å². The van der Waals surface area contributed by atoms with Crippen molar-refractivity contribution >= 4 is 17.3 Å². The topological polar surface area (TPSA) is 97.3 Å². The highest BCUT2D eigenvalue weighted by Gasteiger charge is 2.20. The molecule has 0 aliphatic carbocycles. The lowest BCUT2D eigenvalue weighted by Crippen LogP contribution is -2.35. The second-order valence-electron chi connectivity index (χ2n) is 5.12. The molecule has 110 valence electrons. The quantitative estimate of drug-likeness (QED) is 0.629. The fourth-order valence-electron chi connectivity index (χ4n) is 2.49. The van der Waals surface area contributed by atoms with Crippen molar-refractivity contribution in [2.24, 2.45) is 5.92 Å². The van der Waals surface area contributed by atoms with Crippen LogP contribution in [0.3, 0.4) is 0 Å². The number of likely N-dealkylation sites (tertiary alicyclic amines) is 1. The van der Waals surface area contributed by atoms with Gasteiger partial charge in [-0.3, -0.25) is 10.1 Å². The van der Waals surface area contributed by atoms with E-state index in [2.05, 4.69) is 22.1 Å². The van der Waals surface area contributed by atoms with Crippen LogP contribution in [0.1, 0.15) is 19.8 Å². The number of piperidine rings is 1. The van der Waals surface area contributed by atoms with Crippen molar-refractivity contribution in [3.63, 3.8) is 0 Å². The number of nitrogen functional groups attached to an aromatic ring is 1. The normalized spacial score (nSPS) is 17.1. The molecule has 1 aromatic rings. The Hall–Kier alpha value is -1.89. The lowest BCUT2D eigenvalue weighted by molar-refractivity contribution is -0.384. The van der Waals surface area contributed by atoms with E-state index in [9.17, 15) is 10.1 Å². The number of nitrogens with zero attached hydrogens (tertiary/aromatic N) is 3. The summed E-state index contributed by atoms with van der Waals surface area (Å²) in [5, 5.41) is 14.0. The number of hydrogen-bond acceptors (Lipinski definition) is 6. The van der Waals surface area contributed by atoms with Gasteiger partial charge in [-0.05, 0) is 44.5 Å². The highest BCUT2D eigenvalue weighted by Crippen LogP contribution is 2.24. The molecule has 1 fully saturated rings. The summed E-state index contributed by atoms with van der Waals surface area (Å²) in [6.07, 6.45) is 2.22. The number of nitrogens with one attached hydrogen (secondary N) is 1. The van der Waals surface area contributed by atoms with Gasteiger partial charge in [0, 0.05) is 12.6 Å². The van der Waals surface area contributed by atoms with Crippen molar-refractivity contribution in [1.29, 1.82) is 0 Å². The summed E-state index contributed by atoms with van der Waals surface area (Å²) in [6, 6.07) is 2.84. The average molecular weight is 279 g/mol. The van der Waals surface area contributed by atoms with Gasteiger partial charge < -0.3 is 16.0 Å².